The number of carbonyl (C=O) groups is 1. The van der Waals surface area contributed by atoms with Gasteiger partial charge in [0.25, 0.3) is 0 Å². The summed E-state index contributed by atoms with van der Waals surface area (Å²) >= 11 is 1.78. The number of likely N-dealkylation sites (tertiary alicyclic amines) is 1. The number of nitrogens with zero attached hydrogens (tertiary/aromatic N) is 4. The van der Waals surface area contributed by atoms with Gasteiger partial charge in [-0.1, -0.05) is 13.0 Å². The number of thiophene rings is 1. The van der Waals surface area contributed by atoms with E-state index in [-0.39, 0.29) is 11.8 Å². The highest BCUT2D eigenvalue weighted by atomic mass is 32.1. The number of rotatable bonds is 3. The fraction of sp³-hybridized carbons (Fsp3) is 0.579. The van der Waals surface area contributed by atoms with Crippen LogP contribution in [0.5, 0.6) is 0 Å². The largest absolute Gasteiger partial charge is 0.342 e. The number of imidazole rings is 1. The molecule has 0 bridgehead atoms. The second kappa shape index (κ2) is 6.92. The van der Waals surface area contributed by atoms with Gasteiger partial charge in [-0.15, -0.1) is 11.3 Å². The quantitative estimate of drug-likeness (QED) is 0.847. The van der Waals surface area contributed by atoms with Gasteiger partial charge in [-0.3, -0.25) is 9.69 Å². The zero-order valence-electron chi connectivity index (χ0n) is 15.0. The zero-order valence-corrected chi connectivity index (χ0v) is 15.8. The van der Waals surface area contributed by atoms with E-state index in [1.54, 1.807) is 11.3 Å². The summed E-state index contributed by atoms with van der Waals surface area (Å²) in [5.41, 5.74) is 2.18. The van der Waals surface area contributed by atoms with Gasteiger partial charge in [-0.25, -0.2) is 4.98 Å². The maximum Gasteiger partial charge on any atom is 0.233 e. The molecule has 1 amide bonds. The molecule has 1 saturated heterocycles. The van der Waals surface area contributed by atoms with Crippen LogP contribution < -0.4 is 0 Å². The van der Waals surface area contributed by atoms with E-state index in [4.69, 9.17) is 0 Å². The number of hydrogen-bond acceptors (Lipinski definition) is 4. The number of hydrogen-bond donors (Lipinski definition) is 0. The lowest BCUT2D eigenvalue weighted by Crippen LogP contribution is -2.46. The first kappa shape index (κ1) is 16.8. The molecule has 6 heteroatoms. The molecular weight excluding hydrogens is 332 g/mol. The molecule has 2 aliphatic heterocycles. The average molecular weight is 359 g/mol. The molecule has 4 rings (SSSR count). The summed E-state index contributed by atoms with van der Waals surface area (Å²) in [4.78, 5) is 23.7. The van der Waals surface area contributed by atoms with E-state index in [9.17, 15) is 4.79 Å². The van der Waals surface area contributed by atoms with E-state index in [1.807, 2.05) is 17.9 Å². The van der Waals surface area contributed by atoms with E-state index < -0.39 is 0 Å². The molecule has 0 aromatic carbocycles. The van der Waals surface area contributed by atoms with E-state index in [2.05, 4.69) is 39.2 Å². The molecule has 1 unspecified atom stereocenters. The minimum Gasteiger partial charge on any atom is -0.342 e. The normalized spacial score (nSPS) is 22.2. The van der Waals surface area contributed by atoms with Gasteiger partial charge in [-0.2, -0.15) is 0 Å². The molecule has 1 fully saturated rings. The number of aromatic nitrogens is 2. The standard InChI is InChI=1S/C19H26N4OS/c1-14-5-7-23(8-6-14)19(24)16-11-22(10-15-4-3-9-25-15)12-17-18(16)21(2)13-20-17/h3-4,9,13-14,16H,5-8,10-12H2,1-2H3. The maximum atomic E-state index is 13.3. The molecule has 0 aliphatic carbocycles. The van der Waals surface area contributed by atoms with Gasteiger partial charge in [0.05, 0.1) is 23.6 Å². The molecule has 4 heterocycles. The Balaban J connectivity index is 1.56. The van der Waals surface area contributed by atoms with Gasteiger partial charge >= 0.3 is 0 Å². The lowest BCUT2D eigenvalue weighted by atomic mass is 9.93. The number of fused-ring (bicyclic) bond motifs is 1. The van der Waals surface area contributed by atoms with Crippen LogP contribution in [-0.2, 0) is 24.9 Å². The number of amides is 1. The van der Waals surface area contributed by atoms with Crippen molar-refractivity contribution in [2.75, 3.05) is 19.6 Å². The van der Waals surface area contributed by atoms with E-state index in [0.29, 0.717) is 0 Å². The van der Waals surface area contributed by atoms with E-state index in [0.717, 1.165) is 62.9 Å². The van der Waals surface area contributed by atoms with Crippen molar-refractivity contribution >= 4 is 17.2 Å². The second-order valence-electron chi connectivity index (χ2n) is 7.50. The molecule has 2 aliphatic rings. The maximum absolute atomic E-state index is 13.3. The third kappa shape index (κ3) is 3.37. The summed E-state index contributed by atoms with van der Waals surface area (Å²) in [7, 11) is 2.01. The van der Waals surface area contributed by atoms with Gasteiger partial charge in [0.15, 0.2) is 0 Å². The molecule has 0 radical (unpaired) electrons. The summed E-state index contributed by atoms with van der Waals surface area (Å²) in [6, 6.07) is 4.26. The fourth-order valence-corrected chi connectivity index (χ4v) is 4.81. The van der Waals surface area contributed by atoms with Crippen molar-refractivity contribution < 1.29 is 4.79 Å². The Hall–Kier alpha value is -1.66. The Morgan fingerprint density at radius 2 is 2.16 bits per heavy atom. The number of carbonyl (C=O) groups excluding carboxylic acids is 1. The van der Waals surface area contributed by atoms with Gasteiger partial charge in [0, 0.05) is 44.6 Å². The molecule has 2 aromatic rings. The Bertz CT molecular complexity index is 731. The molecule has 134 valence electrons. The number of piperidine rings is 1. The van der Waals surface area contributed by atoms with Crippen molar-refractivity contribution in [3.8, 4) is 0 Å². The van der Waals surface area contributed by atoms with Crippen LogP contribution in [0.1, 0.15) is 41.9 Å². The van der Waals surface area contributed by atoms with Gasteiger partial charge in [0.2, 0.25) is 5.91 Å². The van der Waals surface area contributed by atoms with Crippen LogP contribution >= 0.6 is 11.3 Å². The third-order valence-corrected chi connectivity index (χ3v) is 6.42. The molecule has 25 heavy (non-hydrogen) atoms. The predicted octanol–water partition coefficient (Wildman–Crippen LogP) is 2.84. The molecule has 1 atom stereocenters. The second-order valence-corrected chi connectivity index (χ2v) is 8.53. The zero-order chi connectivity index (χ0) is 17.4. The molecule has 0 spiro atoms. The van der Waals surface area contributed by atoms with Crippen LogP contribution in [0.3, 0.4) is 0 Å². The third-order valence-electron chi connectivity index (χ3n) is 5.56. The molecular formula is C19H26N4OS. The van der Waals surface area contributed by atoms with Crippen LogP contribution in [0.15, 0.2) is 23.8 Å². The smallest absolute Gasteiger partial charge is 0.233 e. The highest BCUT2D eigenvalue weighted by Crippen LogP contribution is 2.31. The van der Waals surface area contributed by atoms with Gasteiger partial charge in [0.1, 0.15) is 0 Å². The van der Waals surface area contributed by atoms with Crippen molar-refractivity contribution in [1.82, 2.24) is 19.4 Å². The van der Waals surface area contributed by atoms with E-state index in [1.165, 1.54) is 4.88 Å². The molecule has 0 N–H and O–H groups in total. The highest BCUT2D eigenvalue weighted by Gasteiger charge is 2.36. The van der Waals surface area contributed by atoms with Crippen molar-refractivity contribution in [2.24, 2.45) is 13.0 Å². The summed E-state index contributed by atoms with van der Waals surface area (Å²) in [5.74, 6) is 0.926. The summed E-state index contributed by atoms with van der Waals surface area (Å²) < 4.78 is 2.05. The van der Waals surface area contributed by atoms with Crippen molar-refractivity contribution in [2.45, 2.75) is 38.8 Å². The van der Waals surface area contributed by atoms with Gasteiger partial charge < -0.3 is 9.47 Å². The first-order valence-electron chi connectivity index (χ1n) is 9.15. The van der Waals surface area contributed by atoms with Gasteiger partial charge in [-0.05, 0) is 30.2 Å². The first-order chi connectivity index (χ1) is 12.1. The summed E-state index contributed by atoms with van der Waals surface area (Å²) in [6.45, 7) is 6.59. The monoisotopic (exact) mass is 358 g/mol. The van der Waals surface area contributed by atoms with Crippen LogP contribution in [0.4, 0.5) is 0 Å². The van der Waals surface area contributed by atoms with Crippen molar-refractivity contribution in [3.63, 3.8) is 0 Å². The summed E-state index contributed by atoms with van der Waals surface area (Å²) in [5, 5.41) is 2.11. The SMILES string of the molecule is CC1CCN(C(=O)C2CN(Cc3cccs3)Cc3ncn(C)c32)CC1. The van der Waals surface area contributed by atoms with Crippen LogP contribution in [0.2, 0.25) is 0 Å². The topological polar surface area (TPSA) is 41.4 Å². The Labute approximate surface area is 153 Å². The molecule has 0 saturated carbocycles. The Kier molecular flexibility index (Phi) is 4.65. The molecule has 5 nitrogen and oxygen atoms in total. The molecule has 2 aromatic heterocycles. The minimum atomic E-state index is -0.0929. The van der Waals surface area contributed by atoms with Crippen molar-refractivity contribution in [1.29, 1.82) is 0 Å². The first-order valence-corrected chi connectivity index (χ1v) is 10.0. The van der Waals surface area contributed by atoms with Crippen LogP contribution in [0.25, 0.3) is 0 Å². The van der Waals surface area contributed by atoms with E-state index >= 15 is 0 Å². The summed E-state index contributed by atoms with van der Waals surface area (Å²) in [6.07, 6.45) is 4.10. The Morgan fingerprint density at radius 3 is 2.88 bits per heavy atom. The average Bonchev–Trinajstić information content (AvgIpc) is 3.25. The lowest BCUT2D eigenvalue weighted by molar-refractivity contribution is -0.135. The van der Waals surface area contributed by atoms with Crippen LogP contribution in [-0.4, -0.2) is 44.9 Å². The number of aryl methyl sites for hydroxylation is 1. The lowest BCUT2D eigenvalue weighted by Gasteiger charge is -2.37. The fourth-order valence-electron chi connectivity index (χ4n) is 4.07. The van der Waals surface area contributed by atoms with Crippen molar-refractivity contribution in [3.05, 3.63) is 40.1 Å². The minimum absolute atomic E-state index is 0.0929. The Morgan fingerprint density at radius 1 is 1.36 bits per heavy atom. The van der Waals surface area contributed by atoms with Crippen LogP contribution in [0, 0.1) is 5.92 Å². The highest BCUT2D eigenvalue weighted by molar-refractivity contribution is 7.09. The predicted molar refractivity (Wildman–Crippen MR) is 99.4 cm³/mol.